The second kappa shape index (κ2) is 6.96. The molecule has 0 saturated carbocycles. The number of nitrogens with zero attached hydrogens (tertiary/aromatic N) is 2. The Kier molecular flexibility index (Phi) is 5.58. The first-order valence-corrected chi connectivity index (χ1v) is 6.11. The Hall–Kier alpha value is -1.62. The first-order chi connectivity index (χ1) is 8.58. The molecule has 1 aromatic heterocycles. The maximum Gasteiger partial charge on any atom is 0.260 e. The lowest BCUT2D eigenvalue weighted by Crippen LogP contribution is -2.31. The van der Waals surface area contributed by atoms with Crippen LogP contribution < -0.4 is 10.5 Å². The van der Waals surface area contributed by atoms with Crippen molar-refractivity contribution in [1.82, 2.24) is 9.88 Å². The molecule has 1 amide bonds. The van der Waals surface area contributed by atoms with Gasteiger partial charge in [-0.1, -0.05) is 0 Å². The summed E-state index contributed by atoms with van der Waals surface area (Å²) < 4.78 is 5.52. The van der Waals surface area contributed by atoms with Gasteiger partial charge in [0, 0.05) is 25.7 Å². The molecule has 0 spiro atoms. The number of aryl methyl sites for hydroxylation is 1. The molecule has 5 nitrogen and oxygen atoms in total. The van der Waals surface area contributed by atoms with Crippen LogP contribution in [0.5, 0.6) is 5.75 Å². The van der Waals surface area contributed by atoms with Crippen molar-refractivity contribution < 1.29 is 9.53 Å². The number of nitrogens with two attached hydrogens (primary N) is 1. The summed E-state index contributed by atoms with van der Waals surface area (Å²) in [5.41, 5.74) is 7.26. The third kappa shape index (κ3) is 4.00. The number of pyridine rings is 1. The predicted molar refractivity (Wildman–Crippen MR) is 70.5 cm³/mol. The van der Waals surface area contributed by atoms with Crippen molar-refractivity contribution in [2.45, 2.75) is 20.3 Å². The lowest BCUT2D eigenvalue weighted by Gasteiger charge is -2.16. The highest BCUT2D eigenvalue weighted by atomic mass is 16.5. The molecule has 0 saturated heterocycles. The van der Waals surface area contributed by atoms with Crippen LogP contribution >= 0.6 is 0 Å². The highest BCUT2D eigenvalue weighted by molar-refractivity contribution is 5.77. The van der Waals surface area contributed by atoms with E-state index in [4.69, 9.17) is 10.5 Å². The molecule has 0 aliphatic rings. The summed E-state index contributed by atoms with van der Waals surface area (Å²) in [6.45, 7) is 5.05. The number of carbonyl (C=O) groups is 1. The third-order valence-corrected chi connectivity index (χ3v) is 2.70. The van der Waals surface area contributed by atoms with Crippen molar-refractivity contribution in [1.29, 1.82) is 0 Å². The Bertz CT molecular complexity index is 407. The van der Waals surface area contributed by atoms with Crippen LogP contribution in [0.15, 0.2) is 12.1 Å². The zero-order valence-corrected chi connectivity index (χ0v) is 11.3. The molecule has 0 unspecified atom stereocenters. The molecule has 0 aliphatic heterocycles. The molecule has 1 heterocycles. The number of hydrogen-bond acceptors (Lipinski definition) is 4. The zero-order valence-electron chi connectivity index (χ0n) is 11.3. The topological polar surface area (TPSA) is 68.5 Å². The van der Waals surface area contributed by atoms with Crippen molar-refractivity contribution in [2.24, 2.45) is 5.73 Å². The molecule has 0 aliphatic carbocycles. The Morgan fingerprint density at radius 3 is 2.83 bits per heavy atom. The summed E-state index contributed by atoms with van der Waals surface area (Å²) in [5.74, 6) is 0.598. The summed E-state index contributed by atoms with van der Waals surface area (Å²) in [6, 6.07) is 3.70. The standard InChI is InChI=1S/C13H21N3O2/c1-4-16(3)13(17)9-18-12-6-5-10(2)15-11(12)7-8-14/h5-6H,4,7-9,14H2,1-3H3. The number of likely N-dealkylation sites (N-methyl/N-ethyl adjacent to an activating group) is 1. The molecule has 5 heteroatoms. The van der Waals surface area contributed by atoms with Gasteiger partial charge in [0.2, 0.25) is 0 Å². The molecule has 0 atom stereocenters. The fraction of sp³-hybridized carbons (Fsp3) is 0.538. The Morgan fingerprint density at radius 1 is 1.50 bits per heavy atom. The minimum absolute atomic E-state index is 0.0344. The van der Waals surface area contributed by atoms with E-state index in [1.165, 1.54) is 0 Å². The van der Waals surface area contributed by atoms with Gasteiger partial charge in [0.1, 0.15) is 5.75 Å². The van der Waals surface area contributed by atoms with Gasteiger partial charge < -0.3 is 15.4 Å². The number of aromatic nitrogens is 1. The molecule has 0 fully saturated rings. The van der Waals surface area contributed by atoms with Crippen molar-refractivity contribution in [2.75, 3.05) is 26.7 Å². The van der Waals surface area contributed by atoms with Crippen molar-refractivity contribution in [3.8, 4) is 5.75 Å². The lowest BCUT2D eigenvalue weighted by atomic mass is 10.2. The second-order valence-corrected chi connectivity index (χ2v) is 4.13. The Labute approximate surface area is 108 Å². The fourth-order valence-corrected chi connectivity index (χ4v) is 1.47. The van der Waals surface area contributed by atoms with Gasteiger partial charge in [0.25, 0.3) is 5.91 Å². The van der Waals surface area contributed by atoms with Crippen LogP contribution in [0.3, 0.4) is 0 Å². The molecule has 1 rings (SSSR count). The molecule has 0 aromatic carbocycles. The monoisotopic (exact) mass is 251 g/mol. The average Bonchev–Trinajstić information content (AvgIpc) is 2.37. The van der Waals surface area contributed by atoms with Gasteiger partial charge >= 0.3 is 0 Å². The van der Waals surface area contributed by atoms with Crippen LogP contribution in [0, 0.1) is 6.92 Å². The lowest BCUT2D eigenvalue weighted by molar-refractivity contribution is -0.131. The summed E-state index contributed by atoms with van der Waals surface area (Å²) in [6.07, 6.45) is 0.648. The van der Waals surface area contributed by atoms with E-state index < -0.39 is 0 Å². The number of carbonyl (C=O) groups excluding carboxylic acids is 1. The van der Waals surface area contributed by atoms with Gasteiger partial charge in [-0.3, -0.25) is 9.78 Å². The van der Waals surface area contributed by atoms with Crippen LogP contribution in [-0.4, -0.2) is 42.5 Å². The summed E-state index contributed by atoms with van der Waals surface area (Å²) in [7, 11) is 1.75. The number of rotatable bonds is 6. The van der Waals surface area contributed by atoms with Crippen LogP contribution in [-0.2, 0) is 11.2 Å². The van der Waals surface area contributed by atoms with Gasteiger partial charge in [-0.15, -0.1) is 0 Å². The quantitative estimate of drug-likeness (QED) is 0.810. The summed E-state index contributed by atoms with van der Waals surface area (Å²) >= 11 is 0. The predicted octanol–water partition coefficient (Wildman–Crippen LogP) is 0.748. The molecular formula is C13H21N3O2. The smallest absolute Gasteiger partial charge is 0.260 e. The Balaban J connectivity index is 2.69. The maximum atomic E-state index is 11.6. The molecule has 100 valence electrons. The highest BCUT2D eigenvalue weighted by Crippen LogP contribution is 2.17. The molecule has 2 N–H and O–H groups in total. The first kappa shape index (κ1) is 14.4. The first-order valence-electron chi connectivity index (χ1n) is 6.11. The largest absolute Gasteiger partial charge is 0.482 e. The van der Waals surface area contributed by atoms with Crippen LogP contribution in [0.4, 0.5) is 0 Å². The number of hydrogen-bond donors (Lipinski definition) is 1. The molecule has 0 bridgehead atoms. The van der Waals surface area contributed by atoms with E-state index in [2.05, 4.69) is 4.98 Å². The third-order valence-electron chi connectivity index (χ3n) is 2.70. The number of amides is 1. The minimum atomic E-state index is -0.0447. The van der Waals surface area contributed by atoms with Gasteiger partial charge in [0.05, 0.1) is 5.69 Å². The summed E-state index contributed by atoms with van der Waals surface area (Å²) in [5, 5.41) is 0. The minimum Gasteiger partial charge on any atom is -0.482 e. The van der Waals surface area contributed by atoms with E-state index in [9.17, 15) is 4.79 Å². The normalized spacial score (nSPS) is 10.2. The van der Waals surface area contributed by atoms with E-state index >= 15 is 0 Å². The SMILES string of the molecule is CCN(C)C(=O)COc1ccc(C)nc1CCN. The van der Waals surface area contributed by atoms with Crippen LogP contribution in [0.1, 0.15) is 18.3 Å². The molecular weight excluding hydrogens is 230 g/mol. The maximum absolute atomic E-state index is 11.6. The van der Waals surface area contributed by atoms with Gasteiger partial charge in [0.15, 0.2) is 6.61 Å². The zero-order chi connectivity index (χ0) is 13.5. The molecule has 1 aromatic rings. The van der Waals surface area contributed by atoms with E-state index in [0.717, 1.165) is 11.4 Å². The number of ether oxygens (including phenoxy) is 1. The van der Waals surface area contributed by atoms with E-state index in [-0.39, 0.29) is 12.5 Å². The van der Waals surface area contributed by atoms with Gasteiger partial charge in [-0.05, 0) is 32.5 Å². The van der Waals surface area contributed by atoms with Crippen LogP contribution in [0.2, 0.25) is 0 Å². The van der Waals surface area contributed by atoms with Crippen LogP contribution in [0.25, 0.3) is 0 Å². The van der Waals surface area contributed by atoms with E-state index in [0.29, 0.717) is 25.3 Å². The van der Waals surface area contributed by atoms with E-state index in [1.807, 2.05) is 26.0 Å². The Morgan fingerprint density at radius 2 is 2.22 bits per heavy atom. The molecule has 0 radical (unpaired) electrons. The van der Waals surface area contributed by atoms with Gasteiger partial charge in [-0.2, -0.15) is 0 Å². The van der Waals surface area contributed by atoms with Crippen molar-refractivity contribution in [3.05, 3.63) is 23.5 Å². The highest BCUT2D eigenvalue weighted by Gasteiger charge is 2.10. The van der Waals surface area contributed by atoms with Crippen molar-refractivity contribution in [3.63, 3.8) is 0 Å². The van der Waals surface area contributed by atoms with E-state index in [1.54, 1.807) is 11.9 Å². The fourth-order valence-electron chi connectivity index (χ4n) is 1.47. The molecule has 18 heavy (non-hydrogen) atoms. The summed E-state index contributed by atoms with van der Waals surface area (Å²) in [4.78, 5) is 17.6. The second-order valence-electron chi connectivity index (χ2n) is 4.13. The average molecular weight is 251 g/mol. The van der Waals surface area contributed by atoms with Crippen molar-refractivity contribution >= 4 is 5.91 Å². The van der Waals surface area contributed by atoms with Gasteiger partial charge in [-0.25, -0.2) is 0 Å².